The van der Waals surface area contributed by atoms with E-state index in [0.29, 0.717) is 11.7 Å². The van der Waals surface area contributed by atoms with E-state index in [2.05, 4.69) is 12.2 Å². The Morgan fingerprint density at radius 2 is 2.08 bits per heavy atom. The van der Waals surface area contributed by atoms with Gasteiger partial charge in [-0.2, -0.15) is 0 Å². The fourth-order valence-corrected chi connectivity index (χ4v) is 1.71. The predicted molar refractivity (Wildman–Crippen MR) is 50.1 cm³/mol. The first kappa shape index (κ1) is 9.72. The molecule has 0 amide bonds. The number of ketones is 1. The van der Waals surface area contributed by atoms with Gasteiger partial charge in [0.2, 0.25) is 0 Å². The van der Waals surface area contributed by atoms with Crippen molar-refractivity contribution in [2.75, 3.05) is 13.1 Å². The molecule has 1 aliphatic heterocycles. The van der Waals surface area contributed by atoms with E-state index in [-0.39, 0.29) is 5.92 Å². The molecule has 1 heterocycles. The molecule has 0 saturated carbocycles. The molecule has 12 heavy (non-hydrogen) atoms. The molecule has 2 nitrogen and oxygen atoms in total. The van der Waals surface area contributed by atoms with Gasteiger partial charge >= 0.3 is 0 Å². The lowest BCUT2D eigenvalue weighted by Gasteiger charge is -2.23. The van der Waals surface area contributed by atoms with Gasteiger partial charge in [-0.25, -0.2) is 0 Å². The van der Waals surface area contributed by atoms with Crippen LogP contribution in [-0.4, -0.2) is 18.9 Å². The molecule has 1 fully saturated rings. The normalized spacial score (nSPS) is 22.2. The predicted octanol–water partition coefficient (Wildman–Crippen LogP) is 1.60. The van der Waals surface area contributed by atoms with Gasteiger partial charge < -0.3 is 5.32 Å². The topological polar surface area (TPSA) is 29.1 Å². The van der Waals surface area contributed by atoms with Crippen molar-refractivity contribution in [2.24, 2.45) is 11.8 Å². The van der Waals surface area contributed by atoms with Gasteiger partial charge in [-0.3, -0.25) is 4.79 Å². The van der Waals surface area contributed by atoms with Crippen molar-refractivity contribution in [3.63, 3.8) is 0 Å². The Morgan fingerprint density at radius 3 is 2.58 bits per heavy atom. The fourth-order valence-electron chi connectivity index (χ4n) is 1.71. The highest BCUT2D eigenvalue weighted by Crippen LogP contribution is 2.18. The minimum Gasteiger partial charge on any atom is -0.317 e. The van der Waals surface area contributed by atoms with Crippen molar-refractivity contribution in [1.82, 2.24) is 5.32 Å². The summed E-state index contributed by atoms with van der Waals surface area (Å²) in [7, 11) is 0. The third-order valence-corrected chi connectivity index (χ3v) is 2.84. The van der Waals surface area contributed by atoms with Gasteiger partial charge in [0, 0.05) is 11.8 Å². The number of nitrogens with one attached hydrogen (secondary N) is 1. The number of hydrogen-bond acceptors (Lipinski definition) is 2. The number of rotatable bonds is 3. The average molecular weight is 169 g/mol. The third kappa shape index (κ3) is 2.31. The summed E-state index contributed by atoms with van der Waals surface area (Å²) in [5.74, 6) is 1.10. The van der Waals surface area contributed by atoms with Gasteiger partial charge in [0.25, 0.3) is 0 Å². The smallest absolute Gasteiger partial charge is 0.138 e. The van der Waals surface area contributed by atoms with Crippen LogP contribution < -0.4 is 5.32 Å². The first-order valence-corrected chi connectivity index (χ1v) is 5.00. The molecule has 1 aliphatic rings. The van der Waals surface area contributed by atoms with E-state index in [0.717, 1.165) is 32.4 Å². The van der Waals surface area contributed by atoms with Crippen LogP contribution in [0, 0.1) is 11.8 Å². The zero-order valence-corrected chi connectivity index (χ0v) is 8.10. The van der Waals surface area contributed by atoms with Crippen LogP contribution in [0.15, 0.2) is 0 Å². The number of carbonyl (C=O) groups excluding carboxylic acids is 1. The Labute approximate surface area is 74.7 Å². The van der Waals surface area contributed by atoms with Crippen LogP contribution >= 0.6 is 0 Å². The second-order valence-electron chi connectivity index (χ2n) is 3.74. The van der Waals surface area contributed by atoms with Crippen molar-refractivity contribution in [3.05, 3.63) is 0 Å². The third-order valence-electron chi connectivity index (χ3n) is 2.84. The minimum absolute atomic E-state index is 0.271. The number of piperidine rings is 1. The van der Waals surface area contributed by atoms with Crippen LogP contribution in [0.25, 0.3) is 0 Å². The van der Waals surface area contributed by atoms with Crippen LogP contribution in [0.3, 0.4) is 0 Å². The number of hydrogen-bond donors (Lipinski definition) is 1. The van der Waals surface area contributed by atoms with Gasteiger partial charge in [0.15, 0.2) is 0 Å². The van der Waals surface area contributed by atoms with Gasteiger partial charge in [0.1, 0.15) is 5.78 Å². The largest absolute Gasteiger partial charge is 0.317 e. The first-order chi connectivity index (χ1) is 5.75. The molecule has 0 aromatic heterocycles. The highest BCUT2D eigenvalue weighted by molar-refractivity contribution is 5.83. The highest BCUT2D eigenvalue weighted by Gasteiger charge is 2.23. The quantitative estimate of drug-likeness (QED) is 0.695. The standard InChI is InChI=1S/C10H19NO/c1-3-8(2)10(12)9-4-6-11-7-5-9/h8-9,11H,3-7H2,1-2H3. The maximum atomic E-state index is 11.7. The molecule has 0 aliphatic carbocycles. The van der Waals surface area contributed by atoms with E-state index in [1.807, 2.05) is 6.92 Å². The van der Waals surface area contributed by atoms with Gasteiger partial charge in [0.05, 0.1) is 0 Å². The molecule has 0 aromatic rings. The Hall–Kier alpha value is -0.370. The maximum Gasteiger partial charge on any atom is 0.138 e. The van der Waals surface area contributed by atoms with E-state index in [4.69, 9.17) is 0 Å². The minimum atomic E-state index is 0.271. The molecule has 1 saturated heterocycles. The summed E-state index contributed by atoms with van der Waals surface area (Å²) in [5.41, 5.74) is 0. The highest BCUT2D eigenvalue weighted by atomic mass is 16.1. The molecule has 1 atom stereocenters. The summed E-state index contributed by atoms with van der Waals surface area (Å²) >= 11 is 0. The molecule has 1 N–H and O–H groups in total. The molecule has 0 radical (unpaired) electrons. The summed E-state index contributed by atoms with van der Waals surface area (Å²) in [6.45, 7) is 6.17. The lowest BCUT2D eigenvalue weighted by atomic mass is 9.86. The van der Waals surface area contributed by atoms with Crippen molar-refractivity contribution in [2.45, 2.75) is 33.1 Å². The molecular formula is C10H19NO. The second kappa shape index (κ2) is 4.61. The maximum absolute atomic E-state index is 11.7. The van der Waals surface area contributed by atoms with E-state index in [9.17, 15) is 4.79 Å². The van der Waals surface area contributed by atoms with Crippen LogP contribution in [0.2, 0.25) is 0 Å². The van der Waals surface area contributed by atoms with Crippen molar-refractivity contribution >= 4 is 5.78 Å². The SMILES string of the molecule is CCC(C)C(=O)C1CCNCC1. The van der Waals surface area contributed by atoms with Gasteiger partial charge in [-0.15, -0.1) is 0 Å². The second-order valence-corrected chi connectivity index (χ2v) is 3.74. The fraction of sp³-hybridized carbons (Fsp3) is 0.900. The Balaban J connectivity index is 2.39. The van der Waals surface area contributed by atoms with E-state index in [1.54, 1.807) is 0 Å². The molecule has 0 bridgehead atoms. The van der Waals surface area contributed by atoms with Crippen LogP contribution in [0.5, 0.6) is 0 Å². The summed E-state index contributed by atoms with van der Waals surface area (Å²) < 4.78 is 0. The zero-order chi connectivity index (χ0) is 8.97. The zero-order valence-electron chi connectivity index (χ0n) is 8.10. The summed E-state index contributed by atoms with van der Waals surface area (Å²) in [6.07, 6.45) is 3.08. The average Bonchev–Trinajstić information content (AvgIpc) is 2.17. The molecule has 1 rings (SSSR count). The lowest BCUT2D eigenvalue weighted by molar-refractivity contribution is -0.127. The van der Waals surface area contributed by atoms with Crippen LogP contribution in [-0.2, 0) is 4.79 Å². The summed E-state index contributed by atoms with van der Waals surface area (Å²) in [6, 6.07) is 0. The molecule has 70 valence electrons. The van der Waals surface area contributed by atoms with Gasteiger partial charge in [-0.05, 0) is 32.4 Å². The molecule has 0 aromatic carbocycles. The Bertz CT molecular complexity index is 150. The molecular weight excluding hydrogens is 150 g/mol. The summed E-state index contributed by atoms with van der Waals surface area (Å²) in [4.78, 5) is 11.7. The Kier molecular flexibility index (Phi) is 3.73. The van der Waals surface area contributed by atoms with Crippen molar-refractivity contribution in [1.29, 1.82) is 0 Å². The molecule has 0 spiro atoms. The lowest BCUT2D eigenvalue weighted by Crippen LogP contribution is -2.33. The van der Waals surface area contributed by atoms with E-state index < -0.39 is 0 Å². The summed E-state index contributed by atoms with van der Waals surface area (Å²) in [5, 5.41) is 3.27. The van der Waals surface area contributed by atoms with E-state index in [1.165, 1.54) is 0 Å². The van der Waals surface area contributed by atoms with Crippen LogP contribution in [0.1, 0.15) is 33.1 Å². The van der Waals surface area contributed by atoms with Crippen molar-refractivity contribution in [3.8, 4) is 0 Å². The number of carbonyl (C=O) groups is 1. The molecule has 2 heteroatoms. The first-order valence-electron chi connectivity index (χ1n) is 5.00. The van der Waals surface area contributed by atoms with Gasteiger partial charge in [-0.1, -0.05) is 13.8 Å². The molecule has 1 unspecified atom stereocenters. The number of Topliss-reactive ketones (excluding diaryl/α,β-unsaturated/α-hetero) is 1. The Morgan fingerprint density at radius 1 is 1.50 bits per heavy atom. The van der Waals surface area contributed by atoms with Crippen molar-refractivity contribution < 1.29 is 4.79 Å². The van der Waals surface area contributed by atoms with E-state index >= 15 is 0 Å². The monoisotopic (exact) mass is 169 g/mol. The van der Waals surface area contributed by atoms with Crippen LogP contribution in [0.4, 0.5) is 0 Å².